The summed E-state index contributed by atoms with van der Waals surface area (Å²) in [5, 5.41) is 7.76. The third-order valence-corrected chi connectivity index (χ3v) is 4.54. The topological polar surface area (TPSA) is 54.2 Å². The van der Waals surface area contributed by atoms with E-state index >= 15 is 0 Å². The summed E-state index contributed by atoms with van der Waals surface area (Å²) in [5.74, 6) is 2.26. The number of guanidine groups is 1. The largest absolute Gasteiger partial charge is 0.350 e. The number of nitrogens with zero attached hydrogens (tertiary/aromatic N) is 3. The molecule has 0 fully saturated rings. The molecule has 136 valence electrons. The molecule has 0 bridgehead atoms. The Hall–Kier alpha value is -1.72. The van der Waals surface area contributed by atoms with Crippen LogP contribution in [0, 0.1) is 5.92 Å². The highest BCUT2D eigenvalue weighted by Crippen LogP contribution is 2.25. The van der Waals surface area contributed by atoms with Gasteiger partial charge in [0.2, 0.25) is 0 Å². The lowest BCUT2D eigenvalue weighted by molar-refractivity contribution is 0.503. The molecule has 0 aliphatic rings. The van der Waals surface area contributed by atoms with Crippen LogP contribution in [0.25, 0.3) is 0 Å². The van der Waals surface area contributed by atoms with Gasteiger partial charge in [-0.15, -0.1) is 0 Å². The van der Waals surface area contributed by atoms with Gasteiger partial charge >= 0.3 is 0 Å². The molecule has 2 N–H and O–H groups in total. The highest BCUT2D eigenvalue weighted by Gasteiger charge is 2.11. The third-order valence-electron chi connectivity index (χ3n) is 3.80. The first kappa shape index (κ1) is 19.6. The molecule has 0 saturated carbocycles. The molecule has 1 unspecified atom stereocenters. The van der Waals surface area contributed by atoms with Gasteiger partial charge in [-0.2, -0.15) is 0 Å². The van der Waals surface area contributed by atoms with Crippen molar-refractivity contribution in [2.75, 3.05) is 7.05 Å². The maximum absolute atomic E-state index is 6.10. The maximum atomic E-state index is 6.10. The van der Waals surface area contributed by atoms with Crippen LogP contribution in [0.15, 0.2) is 35.6 Å². The standard InChI is InChI=1S/C18H25Cl2N5/c1-12(2)11-25-8-7-22-17(25)10-23-18(21-4)24-13(3)14-5-6-15(19)16(20)9-14/h5-9,12-13H,10-11H2,1-4H3,(H2,21,23,24). The SMILES string of the molecule is CN=C(NCc1nccn1CC(C)C)NC(C)c1ccc(Cl)c(Cl)c1. The summed E-state index contributed by atoms with van der Waals surface area (Å²) >= 11 is 12.1. The van der Waals surface area contributed by atoms with Crippen molar-refractivity contribution < 1.29 is 0 Å². The second-order valence-corrected chi connectivity index (χ2v) is 7.17. The minimum atomic E-state index is 0.0383. The van der Waals surface area contributed by atoms with E-state index in [1.54, 1.807) is 13.1 Å². The van der Waals surface area contributed by atoms with Crippen LogP contribution < -0.4 is 10.6 Å². The minimum absolute atomic E-state index is 0.0383. The predicted octanol–water partition coefficient (Wildman–Crippen LogP) is 4.27. The van der Waals surface area contributed by atoms with E-state index in [4.69, 9.17) is 23.2 Å². The molecule has 0 spiro atoms. The first-order valence-corrected chi connectivity index (χ1v) is 9.08. The molecule has 1 aromatic carbocycles. The van der Waals surface area contributed by atoms with Gasteiger partial charge in [-0.1, -0.05) is 43.1 Å². The van der Waals surface area contributed by atoms with Crippen LogP contribution in [0.3, 0.4) is 0 Å². The molecule has 0 radical (unpaired) electrons. The van der Waals surface area contributed by atoms with Gasteiger partial charge in [-0.25, -0.2) is 4.98 Å². The van der Waals surface area contributed by atoms with Crippen LogP contribution in [0.5, 0.6) is 0 Å². The van der Waals surface area contributed by atoms with Crippen LogP contribution in [0.4, 0.5) is 0 Å². The van der Waals surface area contributed by atoms with Gasteiger partial charge in [-0.05, 0) is 30.5 Å². The second kappa shape index (κ2) is 9.11. The predicted molar refractivity (Wildman–Crippen MR) is 105 cm³/mol. The maximum Gasteiger partial charge on any atom is 0.191 e. The van der Waals surface area contributed by atoms with Crippen molar-refractivity contribution in [3.63, 3.8) is 0 Å². The van der Waals surface area contributed by atoms with Gasteiger partial charge in [0, 0.05) is 26.0 Å². The normalized spacial score (nSPS) is 13.2. The Balaban J connectivity index is 1.96. The van der Waals surface area contributed by atoms with E-state index in [2.05, 4.69) is 39.0 Å². The van der Waals surface area contributed by atoms with Crippen molar-refractivity contribution in [1.29, 1.82) is 0 Å². The van der Waals surface area contributed by atoms with Crippen LogP contribution in [0.2, 0.25) is 10.0 Å². The van der Waals surface area contributed by atoms with Crippen molar-refractivity contribution in [3.05, 3.63) is 52.0 Å². The van der Waals surface area contributed by atoms with Gasteiger partial charge < -0.3 is 15.2 Å². The number of benzene rings is 1. The molecule has 0 amide bonds. The van der Waals surface area contributed by atoms with E-state index in [0.717, 1.165) is 17.9 Å². The molecule has 7 heteroatoms. The summed E-state index contributed by atoms with van der Waals surface area (Å²) in [6.45, 7) is 7.98. The van der Waals surface area contributed by atoms with E-state index in [-0.39, 0.29) is 6.04 Å². The number of aliphatic imine (C=N–C) groups is 1. The smallest absolute Gasteiger partial charge is 0.191 e. The van der Waals surface area contributed by atoms with Gasteiger partial charge in [0.1, 0.15) is 5.82 Å². The van der Waals surface area contributed by atoms with Crippen molar-refractivity contribution in [1.82, 2.24) is 20.2 Å². The van der Waals surface area contributed by atoms with Crippen molar-refractivity contribution in [2.45, 2.75) is 39.9 Å². The Kier molecular flexibility index (Phi) is 7.14. The van der Waals surface area contributed by atoms with Gasteiger partial charge in [0.25, 0.3) is 0 Å². The Labute approximate surface area is 159 Å². The number of hydrogen-bond acceptors (Lipinski definition) is 2. The Bertz CT molecular complexity index is 724. The lowest BCUT2D eigenvalue weighted by Crippen LogP contribution is -2.38. The fraction of sp³-hybridized carbons (Fsp3) is 0.444. The fourth-order valence-corrected chi connectivity index (χ4v) is 2.80. The summed E-state index contributed by atoms with van der Waals surface area (Å²) in [5.41, 5.74) is 1.04. The molecule has 0 aliphatic carbocycles. The first-order chi connectivity index (χ1) is 11.9. The minimum Gasteiger partial charge on any atom is -0.350 e. The summed E-state index contributed by atoms with van der Waals surface area (Å²) < 4.78 is 2.16. The Morgan fingerprint density at radius 1 is 1.24 bits per heavy atom. The number of hydrogen-bond donors (Lipinski definition) is 2. The molecular weight excluding hydrogens is 357 g/mol. The van der Waals surface area contributed by atoms with E-state index in [0.29, 0.717) is 28.5 Å². The molecular formula is C18H25Cl2N5. The molecule has 5 nitrogen and oxygen atoms in total. The Morgan fingerprint density at radius 3 is 2.64 bits per heavy atom. The average molecular weight is 382 g/mol. The van der Waals surface area contributed by atoms with Crippen molar-refractivity contribution in [3.8, 4) is 0 Å². The molecule has 25 heavy (non-hydrogen) atoms. The van der Waals surface area contributed by atoms with E-state index < -0.39 is 0 Å². The van der Waals surface area contributed by atoms with Crippen LogP contribution in [-0.2, 0) is 13.1 Å². The molecule has 0 aliphatic heterocycles. The number of nitrogens with one attached hydrogen (secondary N) is 2. The van der Waals surface area contributed by atoms with E-state index in [1.165, 1.54) is 0 Å². The molecule has 2 aromatic rings. The molecule has 1 atom stereocenters. The van der Waals surface area contributed by atoms with E-state index in [1.807, 2.05) is 31.5 Å². The number of rotatable bonds is 6. The second-order valence-electron chi connectivity index (χ2n) is 6.36. The molecule has 1 heterocycles. The highest BCUT2D eigenvalue weighted by molar-refractivity contribution is 6.42. The van der Waals surface area contributed by atoms with Crippen LogP contribution >= 0.6 is 23.2 Å². The van der Waals surface area contributed by atoms with Gasteiger partial charge in [0.05, 0.1) is 22.6 Å². The average Bonchev–Trinajstić information content (AvgIpc) is 3.00. The molecule has 1 aromatic heterocycles. The zero-order valence-corrected chi connectivity index (χ0v) is 16.6. The lowest BCUT2D eigenvalue weighted by Gasteiger charge is -2.19. The fourth-order valence-electron chi connectivity index (χ4n) is 2.49. The van der Waals surface area contributed by atoms with Gasteiger partial charge in [-0.3, -0.25) is 4.99 Å². The third kappa shape index (κ3) is 5.65. The first-order valence-electron chi connectivity index (χ1n) is 8.32. The molecule has 2 rings (SSSR count). The summed E-state index contributed by atoms with van der Waals surface area (Å²) in [6, 6.07) is 5.66. The quantitative estimate of drug-likeness (QED) is 0.580. The number of halogens is 2. The summed E-state index contributed by atoms with van der Waals surface area (Å²) in [6.07, 6.45) is 3.83. The van der Waals surface area contributed by atoms with E-state index in [9.17, 15) is 0 Å². The van der Waals surface area contributed by atoms with Crippen LogP contribution in [-0.4, -0.2) is 22.6 Å². The van der Waals surface area contributed by atoms with Crippen molar-refractivity contribution in [2.24, 2.45) is 10.9 Å². The number of aromatic nitrogens is 2. The zero-order valence-electron chi connectivity index (χ0n) is 15.1. The highest BCUT2D eigenvalue weighted by atomic mass is 35.5. The lowest BCUT2D eigenvalue weighted by atomic mass is 10.1. The molecule has 0 saturated heterocycles. The van der Waals surface area contributed by atoms with Crippen LogP contribution in [0.1, 0.15) is 38.2 Å². The van der Waals surface area contributed by atoms with Gasteiger partial charge in [0.15, 0.2) is 5.96 Å². The number of imidazole rings is 1. The zero-order chi connectivity index (χ0) is 18.4. The summed E-state index contributed by atoms with van der Waals surface area (Å²) in [4.78, 5) is 8.70. The summed E-state index contributed by atoms with van der Waals surface area (Å²) in [7, 11) is 1.75. The Morgan fingerprint density at radius 2 is 2.00 bits per heavy atom. The van der Waals surface area contributed by atoms with Crippen molar-refractivity contribution >= 4 is 29.2 Å². The monoisotopic (exact) mass is 381 g/mol.